The molecule has 0 aliphatic carbocycles. The molecule has 0 aromatic rings. The Kier molecular flexibility index (Phi) is 4.97. The van der Waals surface area contributed by atoms with Gasteiger partial charge in [-0.1, -0.05) is 0 Å². The molecule has 5 heteroatoms. The number of hydrogen-bond donors (Lipinski definition) is 3. The standard InChI is InChI=1S/C9H19N3O2/c1-9(2,3)12-7(13)5-6-11-8(14)10-4/h5-6H2,1-4H3,(H,12,13)(H2,10,11,14). The van der Waals surface area contributed by atoms with Gasteiger partial charge in [-0.25, -0.2) is 4.79 Å². The average molecular weight is 201 g/mol. The Balaban J connectivity index is 3.60. The molecule has 0 saturated carbocycles. The van der Waals surface area contributed by atoms with Gasteiger partial charge in [-0.05, 0) is 20.8 Å². The van der Waals surface area contributed by atoms with E-state index in [0.717, 1.165) is 0 Å². The first-order valence-corrected chi connectivity index (χ1v) is 4.62. The van der Waals surface area contributed by atoms with E-state index >= 15 is 0 Å². The predicted octanol–water partition coefficient (Wildman–Crippen LogP) is 0.220. The molecule has 0 fully saturated rings. The lowest BCUT2D eigenvalue weighted by atomic mass is 10.1. The molecular weight excluding hydrogens is 182 g/mol. The van der Waals surface area contributed by atoms with E-state index in [9.17, 15) is 9.59 Å². The van der Waals surface area contributed by atoms with Gasteiger partial charge in [0.15, 0.2) is 0 Å². The number of amides is 3. The minimum absolute atomic E-state index is 0.0612. The molecule has 0 radical (unpaired) electrons. The predicted molar refractivity (Wildman–Crippen MR) is 55.0 cm³/mol. The summed E-state index contributed by atoms with van der Waals surface area (Å²) in [5.74, 6) is -0.0612. The summed E-state index contributed by atoms with van der Waals surface area (Å²) in [6.07, 6.45) is 0.296. The minimum Gasteiger partial charge on any atom is -0.351 e. The molecule has 0 aromatic carbocycles. The van der Waals surface area contributed by atoms with Crippen LogP contribution in [0.5, 0.6) is 0 Å². The maximum atomic E-state index is 11.2. The van der Waals surface area contributed by atoms with E-state index in [-0.39, 0.29) is 17.5 Å². The average Bonchev–Trinajstić information content (AvgIpc) is 2.00. The molecule has 0 atom stereocenters. The summed E-state index contributed by atoms with van der Waals surface area (Å²) < 4.78 is 0. The molecule has 14 heavy (non-hydrogen) atoms. The summed E-state index contributed by atoms with van der Waals surface area (Å²) in [6.45, 7) is 6.09. The van der Waals surface area contributed by atoms with Crippen molar-refractivity contribution in [1.82, 2.24) is 16.0 Å². The SMILES string of the molecule is CNC(=O)NCCC(=O)NC(C)(C)C. The largest absolute Gasteiger partial charge is 0.351 e. The summed E-state index contributed by atoms with van der Waals surface area (Å²) in [7, 11) is 1.53. The van der Waals surface area contributed by atoms with Crippen molar-refractivity contribution in [1.29, 1.82) is 0 Å². The Hall–Kier alpha value is -1.26. The highest BCUT2D eigenvalue weighted by atomic mass is 16.2. The van der Waals surface area contributed by atoms with Gasteiger partial charge < -0.3 is 16.0 Å². The molecule has 0 unspecified atom stereocenters. The number of urea groups is 1. The maximum absolute atomic E-state index is 11.2. The summed E-state index contributed by atoms with van der Waals surface area (Å²) in [5.41, 5.74) is -0.218. The Labute approximate surface area is 84.6 Å². The van der Waals surface area contributed by atoms with Crippen LogP contribution in [0.1, 0.15) is 27.2 Å². The van der Waals surface area contributed by atoms with Crippen molar-refractivity contribution in [2.24, 2.45) is 0 Å². The summed E-state index contributed by atoms with van der Waals surface area (Å²) >= 11 is 0. The molecule has 0 aliphatic heterocycles. The van der Waals surface area contributed by atoms with E-state index in [1.54, 1.807) is 0 Å². The third-order valence-electron chi connectivity index (χ3n) is 1.38. The van der Waals surface area contributed by atoms with Gasteiger partial charge in [-0.2, -0.15) is 0 Å². The number of rotatable bonds is 3. The topological polar surface area (TPSA) is 70.2 Å². The number of carbonyl (C=O) groups excluding carboxylic acids is 2. The second-order valence-corrected chi connectivity index (χ2v) is 4.05. The van der Waals surface area contributed by atoms with E-state index in [0.29, 0.717) is 13.0 Å². The third-order valence-corrected chi connectivity index (χ3v) is 1.38. The molecule has 0 bridgehead atoms. The van der Waals surface area contributed by atoms with Crippen LogP contribution in [0.15, 0.2) is 0 Å². The van der Waals surface area contributed by atoms with Gasteiger partial charge in [0.25, 0.3) is 0 Å². The van der Waals surface area contributed by atoms with E-state index in [4.69, 9.17) is 0 Å². The molecule has 3 amide bonds. The van der Waals surface area contributed by atoms with Gasteiger partial charge in [0.05, 0.1) is 0 Å². The number of hydrogen-bond acceptors (Lipinski definition) is 2. The van der Waals surface area contributed by atoms with Crippen molar-refractivity contribution < 1.29 is 9.59 Å². The van der Waals surface area contributed by atoms with E-state index < -0.39 is 0 Å². The van der Waals surface area contributed by atoms with Gasteiger partial charge >= 0.3 is 6.03 Å². The smallest absolute Gasteiger partial charge is 0.314 e. The van der Waals surface area contributed by atoms with Crippen molar-refractivity contribution in [3.8, 4) is 0 Å². The second kappa shape index (κ2) is 5.47. The molecule has 0 aliphatic rings. The fourth-order valence-corrected chi connectivity index (χ4v) is 0.859. The van der Waals surface area contributed by atoms with Crippen LogP contribution < -0.4 is 16.0 Å². The zero-order valence-electron chi connectivity index (χ0n) is 9.23. The van der Waals surface area contributed by atoms with E-state index in [2.05, 4.69) is 16.0 Å². The van der Waals surface area contributed by atoms with Gasteiger partial charge in [-0.3, -0.25) is 4.79 Å². The van der Waals surface area contributed by atoms with Gasteiger partial charge in [0, 0.05) is 25.6 Å². The Morgan fingerprint density at radius 3 is 2.21 bits per heavy atom. The van der Waals surface area contributed by atoms with Gasteiger partial charge in [0.2, 0.25) is 5.91 Å². The fourth-order valence-electron chi connectivity index (χ4n) is 0.859. The zero-order chi connectivity index (χ0) is 11.2. The maximum Gasteiger partial charge on any atom is 0.314 e. The molecule has 0 rings (SSSR count). The van der Waals surface area contributed by atoms with Crippen LogP contribution in [0.25, 0.3) is 0 Å². The van der Waals surface area contributed by atoms with Gasteiger partial charge in [0.1, 0.15) is 0 Å². The van der Waals surface area contributed by atoms with Crippen LogP contribution in [0.2, 0.25) is 0 Å². The van der Waals surface area contributed by atoms with E-state index in [1.807, 2.05) is 20.8 Å². The third kappa shape index (κ3) is 7.39. The molecule has 0 aromatic heterocycles. The van der Waals surface area contributed by atoms with Crippen LogP contribution in [0.3, 0.4) is 0 Å². The van der Waals surface area contributed by atoms with Crippen molar-refractivity contribution in [3.05, 3.63) is 0 Å². The first kappa shape index (κ1) is 12.7. The zero-order valence-corrected chi connectivity index (χ0v) is 9.23. The lowest BCUT2D eigenvalue weighted by molar-refractivity contribution is -0.122. The van der Waals surface area contributed by atoms with Crippen molar-refractivity contribution in [3.63, 3.8) is 0 Å². The molecule has 0 heterocycles. The van der Waals surface area contributed by atoms with Crippen molar-refractivity contribution in [2.45, 2.75) is 32.7 Å². The lowest BCUT2D eigenvalue weighted by Crippen LogP contribution is -2.42. The quantitative estimate of drug-likeness (QED) is 0.611. The van der Waals surface area contributed by atoms with Crippen LogP contribution in [0, 0.1) is 0 Å². The normalized spacial score (nSPS) is 10.6. The number of carbonyl (C=O) groups is 2. The Morgan fingerprint density at radius 2 is 1.79 bits per heavy atom. The number of nitrogens with one attached hydrogen (secondary N) is 3. The molecule has 82 valence electrons. The summed E-state index contributed by atoms with van der Waals surface area (Å²) in [6, 6.07) is -0.270. The molecule has 5 nitrogen and oxygen atoms in total. The Morgan fingerprint density at radius 1 is 1.21 bits per heavy atom. The lowest BCUT2D eigenvalue weighted by Gasteiger charge is -2.20. The minimum atomic E-state index is -0.270. The van der Waals surface area contributed by atoms with Crippen LogP contribution in [-0.2, 0) is 4.79 Å². The highest BCUT2D eigenvalue weighted by Gasteiger charge is 2.13. The van der Waals surface area contributed by atoms with Crippen LogP contribution in [-0.4, -0.2) is 31.1 Å². The fraction of sp³-hybridized carbons (Fsp3) is 0.778. The van der Waals surface area contributed by atoms with Crippen molar-refractivity contribution >= 4 is 11.9 Å². The van der Waals surface area contributed by atoms with Crippen LogP contribution in [0.4, 0.5) is 4.79 Å². The molecule has 3 N–H and O–H groups in total. The molecule has 0 saturated heterocycles. The highest BCUT2D eigenvalue weighted by molar-refractivity contribution is 5.78. The Bertz CT molecular complexity index is 209. The van der Waals surface area contributed by atoms with Crippen LogP contribution >= 0.6 is 0 Å². The monoisotopic (exact) mass is 201 g/mol. The molecule has 0 spiro atoms. The van der Waals surface area contributed by atoms with E-state index in [1.165, 1.54) is 7.05 Å². The second-order valence-electron chi connectivity index (χ2n) is 4.05. The first-order valence-electron chi connectivity index (χ1n) is 4.62. The molecular formula is C9H19N3O2. The summed E-state index contributed by atoms with van der Waals surface area (Å²) in [5, 5.41) is 7.74. The first-order chi connectivity index (χ1) is 6.35. The highest BCUT2D eigenvalue weighted by Crippen LogP contribution is 1.98. The van der Waals surface area contributed by atoms with Crippen molar-refractivity contribution in [2.75, 3.05) is 13.6 Å². The summed E-state index contributed by atoms with van der Waals surface area (Å²) in [4.78, 5) is 22.0. The van der Waals surface area contributed by atoms with Gasteiger partial charge in [-0.15, -0.1) is 0 Å².